The minimum Gasteiger partial charge on any atom is -0.478 e. The van der Waals surface area contributed by atoms with Crippen LogP contribution in [-0.2, 0) is 4.79 Å². The van der Waals surface area contributed by atoms with Gasteiger partial charge in [-0.25, -0.2) is 4.79 Å². The quantitative estimate of drug-likeness (QED) is 0.360. The summed E-state index contributed by atoms with van der Waals surface area (Å²) in [6, 6.07) is 0. The molecule has 0 bridgehead atoms. The molecule has 0 aromatic heterocycles. The first-order valence-electron chi connectivity index (χ1n) is 3.27. The average Bonchev–Trinajstić information content (AvgIpc) is 1.87. The molecule has 0 atom stereocenters. The SMILES string of the molecule is C=CCCC/C=C/C(=O)O. The zero-order valence-corrected chi connectivity index (χ0v) is 5.92. The highest BCUT2D eigenvalue weighted by Crippen LogP contribution is 1.95. The molecule has 0 aromatic rings. The lowest BCUT2D eigenvalue weighted by Gasteiger charge is -1.86. The second-order valence-electron chi connectivity index (χ2n) is 1.96. The summed E-state index contributed by atoms with van der Waals surface area (Å²) in [6.45, 7) is 3.55. The van der Waals surface area contributed by atoms with Gasteiger partial charge in [-0.1, -0.05) is 12.2 Å². The van der Waals surface area contributed by atoms with Crippen molar-refractivity contribution in [3.63, 3.8) is 0 Å². The van der Waals surface area contributed by atoms with Crippen LogP contribution in [0.25, 0.3) is 0 Å². The summed E-state index contributed by atoms with van der Waals surface area (Å²) in [5, 5.41) is 8.16. The Balaban J connectivity index is 3.18. The maximum absolute atomic E-state index is 9.93. The molecule has 0 rings (SSSR count). The Hall–Kier alpha value is -1.05. The summed E-state index contributed by atoms with van der Waals surface area (Å²) in [6.07, 6.45) is 7.40. The van der Waals surface area contributed by atoms with Crippen molar-refractivity contribution in [3.05, 3.63) is 24.8 Å². The fourth-order valence-electron chi connectivity index (χ4n) is 0.564. The van der Waals surface area contributed by atoms with Gasteiger partial charge >= 0.3 is 5.97 Å². The molecule has 0 aliphatic heterocycles. The molecule has 0 saturated carbocycles. The zero-order valence-electron chi connectivity index (χ0n) is 5.92. The molecule has 0 aliphatic rings. The lowest BCUT2D eigenvalue weighted by molar-refractivity contribution is -0.131. The molecule has 0 fully saturated rings. The van der Waals surface area contributed by atoms with Gasteiger partial charge in [-0.2, -0.15) is 0 Å². The summed E-state index contributed by atoms with van der Waals surface area (Å²) in [5.74, 6) is -0.876. The molecule has 0 amide bonds. The standard InChI is InChI=1S/C8H12O2/c1-2-3-4-5-6-7-8(9)10/h2,6-7H,1,3-5H2,(H,9,10)/b7-6+. The van der Waals surface area contributed by atoms with Crippen LogP contribution in [-0.4, -0.2) is 11.1 Å². The predicted molar refractivity (Wildman–Crippen MR) is 40.8 cm³/mol. The van der Waals surface area contributed by atoms with Crippen LogP contribution in [0.15, 0.2) is 24.8 Å². The molecule has 0 saturated heterocycles. The molecule has 0 heterocycles. The highest BCUT2D eigenvalue weighted by atomic mass is 16.4. The largest absolute Gasteiger partial charge is 0.478 e. The van der Waals surface area contributed by atoms with Crippen molar-refractivity contribution in [2.24, 2.45) is 0 Å². The first-order chi connectivity index (χ1) is 4.77. The van der Waals surface area contributed by atoms with E-state index in [1.165, 1.54) is 6.08 Å². The Morgan fingerprint density at radius 1 is 1.50 bits per heavy atom. The van der Waals surface area contributed by atoms with Crippen molar-refractivity contribution in [1.29, 1.82) is 0 Å². The topological polar surface area (TPSA) is 37.3 Å². The van der Waals surface area contributed by atoms with Gasteiger partial charge in [-0.3, -0.25) is 0 Å². The van der Waals surface area contributed by atoms with Crippen molar-refractivity contribution in [2.45, 2.75) is 19.3 Å². The zero-order chi connectivity index (χ0) is 7.82. The molecule has 56 valence electrons. The summed E-state index contributed by atoms with van der Waals surface area (Å²) in [4.78, 5) is 9.93. The molecule has 0 radical (unpaired) electrons. The van der Waals surface area contributed by atoms with Crippen LogP contribution in [0.1, 0.15) is 19.3 Å². The van der Waals surface area contributed by atoms with E-state index in [1.807, 2.05) is 6.08 Å². The molecule has 0 aliphatic carbocycles. The maximum atomic E-state index is 9.93. The van der Waals surface area contributed by atoms with Crippen LogP contribution in [0.2, 0.25) is 0 Å². The van der Waals surface area contributed by atoms with Crippen molar-refractivity contribution in [3.8, 4) is 0 Å². The van der Waals surface area contributed by atoms with Crippen LogP contribution in [0, 0.1) is 0 Å². The van der Waals surface area contributed by atoms with Gasteiger partial charge in [0.1, 0.15) is 0 Å². The highest BCUT2D eigenvalue weighted by molar-refractivity contribution is 5.79. The van der Waals surface area contributed by atoms with E-state index in [9.17, 15) is 4.79 Å². The number of carboxylic acids is 1. The first kappa shape index (κ1) is 8.95. The third-order valence-corrected chi connectivity index (χ3v) is 1.04. The Morgan fingerprint density at radius 3 is 2.70 bits per heavy atom. The summed E-state index contributed by atoms with van der Waals surface area (Å²) < 4.78 is 0. The van der Waals surface area contributed by atoms with Crippen LogP contribution in [0.4, 0.5) is 0 Å². The lowest BCUT2D eigenvalue weighted by Crippen LogP contribution is -1.85. The predicted octanol–water partition coefficient (Wildman–Crippen LogP) is 1.98. The van der Waals surface area contributed by atoms with Gasteiger partial charge in [-0.15, -0.1) is 6.58 Å². The number of hydrogen-bond acceptors (Lipinski definition) is 1. The van der Waals surface area contributed by atoms with Gasteiger partial charge in [0, 0.05) is 6.08 Å². The van der Waals surface area contributed by atoms with E-state index < -0.39 is 5.97 Å². The molecule has 0 unspecified atom stereocenters. The minimum atomic E-state index is -0.876. The Morgan fingerprint density at radius 2 is 2.20 bits per heavy atom. The number of carbonyl (C=O) groups is 1. The maximum Gasteiger partial charge on any atom is 0.327 e. The molecule has 0 aromatic carbocycles. The molecule has 2 heteroatoms. The van der Waals surface area contributed by atoms with Crippen LogP contribution in [0.3, 0.4) is 0 Å². The van der Waals surface area contributed by atoms with E-state index in [0.29, 0.717) is 0 Å². The third kappa shape index (κ3) is 6.95. The molecule has 0 spiro atoms. The van der Waals surface area contributed by atoms with Gasteiger partial charge in [0.2, 0.25) is 0 Å². The second-order valence-corrected chi connectivity index (χ2v) is 1.96. The van der Waals surface area contributed by atoms with E-state index in [2.05, 4.69) is 6.58 Å². The number of aliphatic carboxylic acids is 1. The number of unbranched alkanes of at least 4 members (excludes halogenated alkanes) is 2. The molecular weight excluding hydrogens is 128 g/mol. The Labute approximate surface area is 60.9 Å². The van der Waals surface area contributed by atoms with Crippen molar-refractivity contribution in [1.82, 2.24) is 0 Å². The van der Waals surface area contributed by atoms with E-state index in [0.717, 1.165) is 19.3 Å². The molecule has 2 nitrogen and oxygen atoms in total. The highest BCUT2D eigenvalue weighted by Gasteiger charge is 1.83. The minimum absolute atomic E-state index is 0.818. The monoisotopic (exact) mass is 140 g/mol. The van der Waals surface area contributed by atoms with E-state index in [1.54, 1.807) is 6.08 Å². The number of carboxylic acid groups (broad SMARTS) is 1. The Bertz CT molecular complexity index is 136. The normalized spacial score (nSPS) is 10.0. The fraction of sp³-hybridized carbons (Fsp3) is 0.375. The van der Waals surface area contributed by atoms with Crippen molar-refractivity contribution < 1.29 is 9.90 Å². The average molecular weight is 140 g/mol. The van der Waals surface area contributed by atoms with Gasteiger partial charge in [-0.05, 0) is 19.3 Å². The molecule has 10 heavy (non-hydrogen) atoms. The van der Waals surface area contributed by atoms with E-state index in [-0.39, 0.29) is 0 Å². The first-order valence-corrected chi connectivity index (χ1v) is 3.27. The van der Waals surface area contributed by atoms with Crippen LogP contribution >= 0.6 is 0 Å². The molecular formula is C8H12O2. The van der Waals surface area contributed by atoms with Crippen molar-refractivity contribution >= 4 is 5.97 Å². The second kappa shape index (κ2) is 6.08. The summed E-state index contributed by atoms with van der Waals surface area (Å²) in [5.41, 5.74) is 0. The number of allylic oxidation sites excluding steroid dienone is 2. The fourth-order valence-corrected chi connectivity index (χ4v) is 0.564. The smallest absolute Gasteiger partial charge is 0.327 e. The third-order valence-electron chi connectivity index (χ3n) is 1.04. The van der Waals surface area contributed by atoms with Gasteiger partial charge in [0.05, 0.1) is 0 Å². The van der Waals surface area contributed by atoms with Gasteiger partial charge < -0.3 is 5.11 Å². The van der Waals surface area contributed by atoms with Gasteiger partial charge in [0.25, 0.3) is 0 Å². The van der Waals surface area contributed by atoms with E-state index in [4.69, 9.17) is 5.11 Å². The number of rotatable bonds is 5. The van der Waals surface area contributed by atoms with Crippen molar-refractivity contribution in [2.75, 3.05) is 0 Å². The van der Waals surface area contributed by atoms with Crippen LogP contribution < -0.4 is 0 Å². The Kier molecular flexibility index (Phi) is 5.44. The number of hydrogen-bond donors (Lipinski definition) is 1. The lowest BCUT2D eigenvalue weighted by atomic mass is 10.2. The molecule has 1 N–H and O–H groups in total. The van der Waals surface area contributed by atoms with Gasteiger partial charge in [0.15, 0.2) is 0 Å². The summed E-state index contributed by atoms with van der Waals surface area (Å²) >= 11 is 0. The van der Waals surface area contributed by atoms with Crippen LogP contribution in [0.5, 0.6) is 0 Å². The summed E-state index contributed by atoms with van der Waals surface area (Å²) in [7, 11) is 0. The van der Waals surface area contributed by atoms with E-state index >= 15 is 0 Å².